The van der Waals surface area contributed by atoms with Crippen molar-refractivity contribution >= 4 is 12.0 Å². The lowest BCUT2D eigenvalue weighted by Gasteiger charge is -2.08. The molecule has 0 fully saturated rings. The minimum atomic E-state index is -0.448. The Balaban J connectivity index is 1.73. The van der Waals surface area contributed by atoms with Gasteiger partial charge in [0.25, 0.3) is 5.91 Å². The zero-order valence-corrected chi connectivity index (χ0v) is 18.1. The van der Waals surface area contributed by atoms with E-state index in [9.17, 15) is 10.1 Å². The Morgan fingerprint density at radius 1 is 1.06 bits per heavy atom. The van der Waals surface area contributed by atoms with E-state index in [1.165, 1.54) is 7.05 Å². The van der Waals surface area contributed by atoms with Crippen molar-refractivity contribution in [2.45, 2.75) is 6.61 Å². The van der Waals surface area contributed by atoms with Gasteiger partial charge in [0, 0.05) is 24.4 Å². The van der Waals surface area contributed by atoms with E-state index in [1.54, 1.807) is 10.8 Å². The van der Waals surface area contributed by atoms with Crippen molar-refractivity contribution in [2.24, 2.45) is 0 Å². The summed E-state index contributed by atoms with van der Waals surface area (Å²) in [6, 6.07) is 29.2. The smallest absolute Gasteiger partial charge is 0.261 e. The Hall–Kier alpha value is -4.63. The molecular formula is C27H22N4O2. The first-order chi connectivity index (χ1) is 16.2. The molecule has 0 bridgehead atoms. The maximum atomic E-state index is 12.1. The molecule has 1 heterocycles. The number of para-hydroxylation sites is 1. The number of carbonyl (C=O) groups excluding carboxylic acids is 1. The van der Waals surface area contributed by atoms with E-state index >= 15 is 0 Å². The van der Waals surface area contributed by atoms with E-state index in [4.69, 9.17) is 9.84 Å². The lowest BCUT2D eigenvalue weighted by atomic mass is 10.1. The molecule has 1 aromatic heterocycles. The van der Waals surface area contributed by atoms with Gasteiger partial charge in [0.2, 0.25) is 0 Å². The van der Waals surface area contributed by atoms with Gasteiger partial charge in [-0.05, 0) is 35.9 Å². The lowest BCUT2D eigenvalue weighted by Crippen LogP contribution is -2.19. The molecule has 0 aliphatic heterocycles. The van der Waals surface area contributed by atoms with Crippen LogP contribution < -0.4 is 10.1 Å². The molecule has 0 aliphatic rings. The van der Waals surface area contributed by atoms with Gasteiger partial charge in [0.1, 0.15) is 29.7 Å². The molecule has 1 amide bonds. The summed E-state index contributed by atoms with van der Waals surface area (Å²) in [5.41, 5.74) is 4.05. The molecule has 33 heavy (non-hydrogen) atoms. The molecule has 0 radical (unpaired) electrons. The Morgan fingerprint density at radius 2 is 1.79 bits per heavy atom. The van der Waals surface area contributed by atoms with Gasteiger partial charge in [-0.15, -0.1) is 0 Å². The Kier molecular flexibility index (Phi) is 6.62. The van der Waals surface area contributed by atoms with Gasteiger partial charge in [0.15, 0.2) is 0 Å². The third kappa shape index (κ3) is 5.17. The first-order valence-corrected chi connectivity index (χ1v) is 10.4. The first kappa shape index (κ1) is 21.6. The van der Waals surface area contributed by atoms with E-state index in [2.05, 4.69) is 5.32 Å². The van der Waals surface area contributed by atoms with Gasteiger partial charge in [0.05, 0.1) is 5.69 Å². The second-order valence-electron chi connectivity index (χ2n) is 7.26. The molecule has 0 saturated carbocycles. The number of ether oxygens (including phenoxy) is 1. The van der Waals surface area contributed by atoms with Crippen molar-refractivity contribution in [3.63, 3.8) is 0 Å². The largest absolute Gasteiger partial charge is 0.489 e. The van der Waals surface area contributed by atoms with E-state index in [0.717, 1.165) is 16.8 Å². The molecule has 3 aromatic carbocycles. The van der Waals surface area contributed by atoms with Crippen molar-refractivity contribution in [1.29, 1.82) is 5.26 Å². The van der Waals surface area contributed by atoms with Gasteiger partial charge in [-0.25, -0.2) is 4.68 Å². The Bertz CT molecular complexity index is 1320. The van der Waals surface area contributed by atoms with Gasteiger partial charge < -0.3 is 10.1 Å². The molecule has 6 nitrogen and oxygen atoms in total. The van der Waals surface area contributed by atoms with Crippen LogP contribution in [0.5, 0.6) is 5.75 Å². The second-order valence-corrected chi connectivity index (χ2v) is 7.26. The van der Waals surface area contributed by atoms with Crippen LogP contribution in [0, 0.1) is 11.3 Å². The summed E-state index contributed by atoms with van der Waals surface area (Å²) >= 11 is 0. The van der Waals surface area contributed by atoms with Crippen LogP contribution in [0.1, 0.15) is 11.1 Å². The van der Waals surface area contributed by atoms with Crippen molar-refractivity contribution in [2.75, 3.05) is 7.05 Å². The molecular weight excluding hydrogens is 412 g/mol. The Labute approximate surface area is 192 Å². The zero-order valence-electron chi connectivity index (χ0n) is 18.1. The molecule has 6 heteroatoms. The number of likely N-dealkylation sites (N-methyl/N-ethyl adjacent to an activating group) is 1. The summed E-state index contributed by atoms with van der Waals surface area (Å²) < 4.78 is 7.71. The average molecular weight is 434 g/mol. The number of nitrogens with one attached hydrogen (secondary N) is 1. The standard InChI is InChI=1S/C27H22N4O2/c1-29-27(32)22(17-28)15-23-18-31(24-12-6-3-7-13-24)30-26(23)21-11-8-14-25(16-21)33-19-20-9-4-2-5-10-20/h2-16,18H,19H2,1H3,(H,29,32)/b22-15-. The fourth-order valence-corrected chi connectivity index (χ4v) is 3.34. The third-order valence-corrected chi connectivity index (χ3v) is 5.01. The number of rotatable bonds is 7. The van der Waals surface area contributed by atoms with E-state index in [1.807, 2.05) is 97.2 Å². The van der Waals surface area contributed by atoms with E-state index < -0.39 is 5.91 Å². The number of carbonyl (C=O) groups is 1. The van der Waals surface area contributed by atoms with Crippen LogP contribution in [0.25, 0.3) is 23.0 Å². The Morgan fingerprint density at radius 3 is 2.48 bits per heavy atom. The zero-order chi connectivity index (χ0) is 23.0. The van der Waals surface area contributed by atoms with Crippen LogP contribution in [0.4, 0.5) is 0 Å². The highest BCUT2D eigenvalue weighted by atomic mass is 16.5. The van der Waals surface area contributed by atoms with Gasteiger partial charge in [-0.2, -0.15) is 10.4 Å². The molecule has 0 spiro atoms. The van der Waals surface area contributed by atoms with Crippen LogP contribution in [0.3, 0.4) is 0 Å². The maximum absolute atomic E-state index is 12.1. The highest BCUT2D eigenvalue weighted by Gasteiger charge is 2.15. The fraction of sp³-hybridized carbons (Fsp3) is 0.0741. The fourth-order valence-electron chi connectivity index (χ4n) is 3.34. The molecule has 0 saturated heterocycles. The quantitative estimate of drug-likeness (QED) is 0.336. The lowest BCUT2D eigenvalue weighted by molar-refractivity contribution is -0.116. The molecule has 1 N–H and O–H groups in total. The average Bonchev–Trinajstić information content (AvgIpc) is 3.31. The van der Waals surface area contributed by atoms with Gasteiger partial charge >= 0.3 is 0 Å². The molecule has 0 unspecified atom stereocenters. The summed E-state index contributed by atoms with van der Waals surface area (Å²) in [6.45, 7) is 0.449. The number of benzene rings is 3. The highest BCUT2D eigenvalue weighted by molar-refractivity contribution is 6.02. The third-order valence-electron chi connectivity index (χ3n) is 5.01. The van der Waals surface area contributed by atoms with Crippen molar-refractivity contribution in [3.8, 4) is 28.8 Å². The number of aromatic nitrogens is 2. The van der Waals surface area contributed by atoms with Crippen LogP contribution in [-0.2, 0) is 11.4 Å². The minimum Gasteiger partial charge on any atom is -0.489 e. The number of hydrogen-bond acceptors (Lipinski definition) is 4. The molecule has 0 aliphatic carbocycles. The number of nitrogens with zero attached hydrogens (tertiary/aromatic N) is 3. The number of nitriles is 1. The van der Waals surface area contributed by atoms with Crippen LogP contribution >= 0.6 is 0 Å². The number of hydrogen-bond donors (Lipinski definition) is 1. The molecule has 0 atom stereocenters. The van der Waals surface area contributed by atoms with Gasteiger partial charge in [-0.1, -0.05) is 60.7 Å². The van der Waals surface area contributed by atoms with E-state index in [0.29, 0.717) is 23.6 Å². The predicted molar refractivity (Wildman–Crippen MR) is 127 cm³/mol. The summed E-state index contributed by atoms with van der Waals surface area (Å²) in [6.07, 6.45) is 3.36. The van der Waals surface area contributed by atoms with Crippen LogP contribution in [0.15, 0.2) is 96.7 Å². The molecule has 4 rings (SSSR count). The topological polar surface area (TPSA) is 79.9 Å². The predicted octanol–water partition coefficient (Wildman–Crippen LogP) is 4.77. The van der Waals surface area contributed by atoms with Crippen LogP contribution in [0.2, 0.25) is 0 Å². The first-order valence-electron chi connectivity index (χ1n) is 10.4. The summed E-state index contributed by atoms with van der Waals surface area (Å²) in [4.78, 5) is 12.1. The summed E-state index contributed by atoms with van der Waals surface area (Å²) in [5.74, 6) is 0.253. The monoisotopic (exact) mass is 434 g/mol. The molecule has 162 valence electrons. The van der Waals surface area contributed by atoms with Crippen molar-refractivity contribution in [1.82, 2.24) is 15.1 Å². The van der Waals surface area contributed by atoms with Crippen molar-refractivity contribution < 1.29 is 9.53 Å². The van der Waals surface area contributed by atoms with E-state index in [-0.39, 0.29) is 5.57 Å². The summed E-state index contributed by atoms with van der Waals surface area (Å²) in [7, 11) is 1.50. The van der Waals surface area contributed by atoms with Crippen molar-refractivity contribution in [3.05, 3.63) is 108 Å². The SMILES string of the molecule is CNC(=O)/C(C#N)=C\c1cn(-c2ccccc2)nc1-c1cccc(OCc2ccccc2)c1. The second kappa shape index (κ2) is 10.1. The highest BCUT2D eigenvalue weighted by Crippen LogP contribution is 2.29. The minimum absolute atomic E-state index is 0.00263. The summed E-state index contributed by atoms with van der Waals surface area (Å²) in [5, 5.41) is 16.7. The van der Waals surface area contributed by atoms with Crippen LogP contribution in [-0.4, -0.2) is 22.7 Å². The normalized spacial score (nSPS) is 11.0. The number of amides is 1. The maximum Gasteiger partial charge on any atom is 0.261 e. The van der Waals surface area contributed by atoms with Gasteiger partial charge in [-0.3, -0.25) is 4.79 Å². The molecule has 4 aromatic rings.